The minimum Gasteiger partial charge on any atom is -0.297 e. The second-order valence-corrected chi connectivity index (χ2v) is 0.710. The first-order valence-corrected chi connectivity index (χ1v) is 1.47. The Morgan fingerprint density at radius 3 is 2.57 bits per heavy atom. The summed E-state index contributed by atoms with van der Waals surface area (Å²) in [5.74, 6) is 0.987. The zero-order chi connectivity index (χ0) is 5.70. The van der Waals surface area contributed by atoms with Gasteiger partial charge in [-0.25, -0.2) is 0 Å². The first-order valence-electron chi connectivity index (χ1n) is 1.47. The van der Waals surface area contributed by atoms with E-state index in [1.54, 1.807) is 11.3 Å². The van der Waals surface area contributed by atoms with Crippen LogP contribution in [0.4, 0.5) is 0 Å². The number of nitrogens with one attached hydrogen (secondary N) is 2. The molecule has 4 nitrogen and oxygen atoms in total. The minimum atomic E-state index is -0.706. The van der Waals surface area contributed by atoms with Gasteiger partial charge in [0.1, 0.15) is 0 Å². The normalized spacial score (nSPS) is 6.86. The smallest absolute Gasteiger partial charge is 0.297 e. The van der Waals surface area contributed by atoms with Crippen LogP contribution in [0.2, 0.25) is 0 Å². The number of rotatable bonds is 1. The van der Waals surface area contributed by atoms with E-state index in [4.69, 9.17) is 5.21 Å². The molecule has 1 amide bonds. The van der Waals surface area contributed by atoms with Crippen LogP contribution in [-0.2, 0) is 4.79 Å². The minimum absolute atomic E-state index is 0.706. The molecule has 0 aliphatic rings. The molecule has 0 atom stereocenters. The number of carbonyl (C=O) groups is 1. The van der Waals surface area contributed by atoms with Crippen molar-refractivity contribution in [3.05, 3.63) is 0 Å². The van der Waals surface area contributed by atoms with Crippen LogP contribution in [0.1, 0.15) is 0 Å². The number of terminal acetylenes is 1. The quantitative estimate of drug-likeness (QED) is 0.281. The summed E-state index contributed by atoms with van der Waals surface area (Å²) in [5, 5.41) is 7.69. The van der Waals surface area contributed by atoms with E-state index in [0.717, 1.165) is 0 Å². The third-order valence-electron chi connectivity index (χ3n) is 0.301. The Bertz CT molecular complexity index is 104. The predicted octanol–water partition coefficient (Wildman–Crippen LogP) is -1.37. The van der Waals surface area contributed by atoms with Gasteiger partial charge in [-0.05, 0) is 5.92 Å². The molecule has 0 fully saturated rings. The molecule has 7 heavy (non-hydrogen) atoms. The van der Waals surface area contributed by atoms with Crippen LogP contribution < -0.4 is 11.0 Å². The van der Waals surface area contributed by atoms with Crippen LogP contribution >= 0.6 is 0 Å². The first-order chi connectivity index (χ1) is 3.31. The lowest BCUT2D eigenvalue weighted by atomic mass is 10.7. The summed E-state index contributed by atoms with van der Waals surface area (Å²) in [6.07, 6.45) is 4.54. The van der Waals surface area contributed by atoms with Gasteiger partial charge in [0.15, 0.2) is 0 Å². The zero-order valence-electron chi connectivity index (χ0n) is 3.43. The van der Waals surface area contributed by atoms with Gasteiger partial charge in [-0.1, -0.05) is 0 Å². The Morgan fingerprint density at radius 1 is 1.86 bits per heavy atom. The highest BCUT2D eigenvalue weighted by Gasteiger charge is 1.85. The van der Waals surface area contributed by atoms with E-state index in [2.05, 4.69) is 6.42 Å². The molecule has 0 aliphatic carbocycles. The highest BCUT2D eigenvalue weighted by molar-refractivity contribution is 5.92. The van der Waals surface area contributed by atoms with Gasteiger partial charge in [0.05, 0.1) is 0 Å². The molecule has 0 heterocycles. The van der Waals surface area contributed by atoms with E-state index < -0.39 is 5.91 Å². The molecule has 4 heteroatoms. The molecule has 0 spiro atoms. The van der Waals surface area contributed by atoms with Gasteiger partial charge in [-0.2, -0.15) is 0 Å². The molecule has 0 saturated heterocycles. The molecule has 0 bridgehead atoms. The van der Waals surface area contributed by atoms with E-state index in [1.165, 1.54) is 5.59 Å². The topological polar surface area (TPSA) is 61.4 Å². The maximum Gasteiger partial charge on any atom is 0.311 e. The third kappa shape index (κ3) is 2.76. The van der Waals surface area contributed by atoms with E-state index in [-0.39, 0.29) is 0 Å². The Hall–Kier alpha value is -1.05. The Balaban J connectivity index is 3.24. The van der Waals surface area contributed by atoms with Crippen molar-refractivity contribution >= 4 is 5.91 Å². The molecule has 3 N–H and O–H groups in total. The second-order valence-electron chi connectivity index (χ2n) is 0.710. The summed E-state index contributed by atoms with van der Waals surface area (Å²) in [5.41, 5.74) is 3.10. The predicted molar refractivity (Wildman–Crippen MR) is 21.9 cm³/mol. The molecule has 38 valence electrons. The molecule has 0 aromatic carbocycles. The van der Waals surface area contributed by atoms with Crippen molar-refractivity contribution < 1.29 is 10.0 Å². The molecular formula is C3H4N2O2. The molecule has 0 radical (unpaired) electrons. The van der Waals surface area contributed by atoms with E-state index in [9.17, 15) is 4.79 Å². The number of hydrogen-bond donors (Lipinski definition) is 3. The first kappa shape index (κ1) is 5.95. The van der Waals surface area contributed by atoms with Gasteiger partial charge >= 0.3 is 5.91 Å². The lowest BCUT2D eigenvalue weighted by Gasteiger charge is -1.89. The van der Waals surface area contributed by atoms with Crippen LogP contribution in [0.3, 0.4) is 0 Å². The van der Waals surface area contributed by atoms with Gasteiger partial charge in [0.25, 0.3) is 0 Å². The van der Waals surface area contributed by atoms with Crippen LogP contribution in [0.15, 0.2) is 0 Å². The Kier molecular flexibility index (Phi) is 2.68. The molecule has 0 aromatic rings. The van der Waals surface area contributed by atoms with Crippen molar-refractivity contribution in [3.8, 4) is 12.3 Å². The fourth-order valence-corrected chi connectivity index (χ4v) is 0.0869. The van der Waals surface area contributed by atoms with E-state index in [0.29, 0.717) is 0 Å². The standard InChI is InChI=1S/C3H4N2O2/c1-2-3(6)4-5-7/h1,5,7H,(H,4,6). The number of hydrazine groups is 1. The molecule has 0 unspecified atom stereocenters. The van der Waals surface area contributed by atoms with Gasteiger partial charge in [0, 0.05) is 0 Å². The van der Waals surface area contributed by atoms with Gasteiger partial charge in [0.2, 0.25) is 0 Å². The zero-order valence-corrected chi connectivity index (χ0v) is 3.43. The number of hydrogen-bond acceptors (Lipinski definition) is 3. The van der Waals surface area contributed by atoms with Gasteiger partial charge in [-0.3, -0.25) is 15.4 Å². The third-order valence-corrected chi connectivity index (χ3v) is 0.301. The summed E-state index contributed by atoms with van der Waals surface area (Å²) >= 11 is 0. The average Bonchev–Trinajstić information content (AvgIpc) is 1.68. The monoisotopic (exact) mass is 100 g/mol. The molecule has 0 saturated carbocycles. The van der Waals surface area contributed by atoms with Crippen molar-refractivity contribution in [3.63, 3.8) is 0 Å². The van der Waals surface area contributed by atoms with Crippen molar-refractivity contribution in [1.29, 1.82) is 0 Å². The molecular weight excluding hydrogens is 96.0 g/mol. The highest BCUT2D eigenvalue weighted by Crippen LogP contribution is 1.48. The molecule has 0 aromatic heterocycles. The lowest BCUT2D eigenvalue weighted by Crippen LogP contribution is -2.33. The molecule has 0 aliphatic heterocycles. The van der Waals surface area contributed by atoms with Crippen molar-refractivity contribution in [2.45, 2.75) is 0 Å². The summed E-state index contributed by atoms with van der Waals surface area (Å²) in [7, 11) is 0. The number of carbonyl (C=O) groups excluding carboxylic acids is 1. The molecule has 0 rings (SSSR count). The fourth-order valence-electron chi connectivity index (χ4n) is 0.0869. The van der Waals surface area contributed by atoms with E-state index in [1.807, 2.05) is 0 Å². The Morgan fingerprint density at radius 2 is 2.43 bits per heavy atom. The second kappa shape index (κ2) is 3.15. The van der Waals surface area contributed by atoms with Crippen LogP contribution in [0.25, 0.3) is 0 Å². The van der Waals surface area contributed by atoms with Crippen LogP contribution in [-0.4, -0.2) is 11.1 Å². The lowest BCUT2D eigenvalue weighted by molar-refractivity contribution is -0.119. The summed E-state index contributed by atoms with van der Waals surface area (Å²) in [4.78, 5) is 9.84. The number of amides is 1. The van der Waals surface area contributed by atoms with Crippen molar-refractivity contribution in [2.24, 2.45) is 0 Å². The Labute approximate surface area is 40.4 Å². The highest BCUT2D eigenvalue weighted by atomic mass is 16.5. The maximum atomic E-state index is 9.84. The van der Waals surface area contributed by atoms with Crippen molar-refractivity contribution in [2.75, 3.05) is 0 Å². The fraction of sp³-hybridized carbons (Fsp3) is 0. The summed E-state index contributed by atoms with van der Waals surface area (Å²) in [6, 6.07) is 0. The van der Waals surface area contributed by atoms with Crippen LogP contribution in [0.5, 0.6) is 0 Å². The van der Waals surface area contributed by atoms with E-state index >= 15 is 0 Å². The average molecular weight is 100 g/mol. The largest absolute Gasteiger partial charge is 0.311 e. The van der Waals surface area contributed by atoms with Gasteiger partial charge < -0.3 is 0 Å². The summed E-state index contributed by atoms with van der Waals surface area (Å²) < 4.78 is 0. The van der Waals surface area contributed by atoms with Gasteiger partial charge in [-0.15, -0.1) is 12.0 Å². The SMILES string of the molecule is C#CC(=O)NNO. The summed E-state index contributed by atoms with van der Waals surface area (Å²) in [6.45, 7) is 0. The van der Waals surface area contributed by atoms with Crippen molar-refractivity contribution in [1.82, 2.24) is 11.0 Å². The maximum absolute atomic E-state index is 9.84. The van der Waals surface area contributed by atoms with Crippen LogP contribution in [0, 0.1) is 12.3 Å².